The minimum Gasteiger partial charge on any atom is -0.478 e. The highest BCUT2D eigenvalue weighted by Gasteiger charge is 2.47. The van der Waals surface area contributed by atoms with E-state index in [4.69, 9.17) is 9.84 Å². The SMILES string of the molecule is Cc1nc(C(=O)N2CCC3(CCOCC3)C2C)ccc1C(=O)O. The van der Waals surface area contributed by atoms with Gasteiger partial charge in [0.25, 0.3) is 5.91 Å². The fraction of sp³-hybridized carbons (Fsp3) is 0.588. The Morgan fingerprint density at radius 1 is 1.30 bits per heavy atom. The predicted octanol–water partition coefficient (Wildman–Crippen LogP) is 2.12. The first-order valence-electron chi connectivity index (χ1n) is 8.04. The molecule has 2 saturated heterocycles. The number of rotatable bonds is 2. The lowest BCUT2D eigenvalue weighted by Crippen LogP contribution is -2.43. The van der Waals surface area contributed by atoms with Gasteiger partial charge in [-0.3, -0.25) is 4.79 Å². The molecular weight excluding hydrogens is 296 g/mol. The molecule has 1 aromatic heterocycles. The van der Waals surface area contributed by atoms with E-state index in [1.807, 2.05) is 4.90 Å². The van der Waals surface area contributed by atoms with E-state index < -0.39 is 5.97 Å². The summed E-state index contributed by atoms with van der Waals surface area (Å²) in [5.41, 5.74) is 0.987. The number of aromatic carboxylic acids is 1. The maximum absolute atomic E-state index is 12.8. The summed E-state index contributed by atoms with van der Waals surface area (Å²) in [4.78, 5) is 30.0. The molecule has 6 nitrogen and oxygen atoms in total. The highest BCUT2D eigenvalue weighted by Crippen LogP contribution is 2.45. The molecule has 6 heteroatoms. The minimum absolute atomic E-state index is 0.110. The monoisotopic (exact) mass is 318 g/mol. The van der Waals surface area contributed by atoms with Crippen LogP contribution in [0.3, 0.4) is 0 Å². The van der Waals surface area contributed by atoms with E-state index in [-0.39, 0.29) is 22.9 Å². The molecule has 1 unspecified atom stereocenters. The summed E-state index contributed by atoms with van der Waals surface area (Å²) in [6.07, 6.45) is 2.97. The predicted molar refractivity (Wildman–Crippen MR) is 83.5 cm³/mol. The Morgan fingerprint density at radius 2 is 2.00 bits per heavy atom. The number of carboxylic acids is 1. The van der Waals surface area contributed by atoms with Gasteiger partial charge in [-0.15, -0.1) is 0 Å². The van der Waals surface area contributed by atoms with Crippen molar-refractivity contribution in [2.75, 3.05) is 19.8 Å². The van der Waals surface area contributed by atoms with Crippen LogP contribution in [0.25, 0.3) is 0 Å². The summed E-state index contributed by atoms with van der Waals surface area (Å²) in [5.74, 6) is -1.13. The summed E-state index contributed by atoms with van der Waals surface area (Å²) in [6.45, 7) is 5.97. The molecule has 1 atom stereocenters. The lowest BCUT2D eigenvalue weighted by atomic mass is 9.74. The number of pyridine rings is 1. The number of amides is 1. The van der Waals surface area contributed by atoms with E-state index in [0.29, 0.717) is 11.4 Å². The molecule has 0 bridgehead atoms. The van der Waals surface area contributed by atoms with Gasteiger partial charge in [-0.2, -0.15) is 0 Å². The van der Waals surface area contributed by atoms with Gasteiger partial charge < -0.3 is 14.7 Å². The molecule has 0 saturated carbocycles. The van der Waals surface area contributed by atoms with Crippen molar-refractivity contribution < 1.29 is 19.4 Å². The van der Waals surface area contributed by atoms with Crippen LogP contribution in [0.4, 0.5) is 0 Å². The van der Waals surface area contributed by atoms with Crippen LogP contribution < -0.4 is 0 Å². The summed E-state index contributed by atoms with van der Waals surface area (Å²) in [7, 11) is 0. The van der Waals surface area contributed by atoms with Gasteiger partial charge in [0.1, 0.15) is 5.69 Å². The van der Waals surface area contributed by atoms with Crippen molar-refractivity contribution in [3.63, 3.8) is 0 Å². The number of hydrogen-bond acceptors (Lipinski definition) is 4. The van der Waals surface area contributed by atoms with Crippen LogP contribution in [0, 0.1) is 12.3 Å². The normalized spacial score (nSPS) is 23.2. The molecule has 0 radical (unpaired) electrons. The average molecular weight is 318 g/mol. The van der Waals surface area contributed by atoms with E-state index in [2.05, 4.69) is 11.9 Å². The first-order valence-corrected chi connectivity index (χ1v) is 8.04. The van der Waals surface area contributed by atoms with Crippen LogP contribution in [-0.4, -0.2) is 52.7 Å². The highest BCUT2D eigenvalue weighted by molar-refractivity contribution is 5.94. The Hall–Kier alpha value is -1.95. The largest absolute Gasteiger partial charge is 0.478 e. The molecule has 1 aromatic rings. The zero-order valence-corrected chi connectivity index (χ0v) is 13.5. The molecule has 2 fully saturated rings. The molecule has 2 aliphatic heterocycles. The van der Waals surface area contributed by atoms with E-state index in [9.17, 15) is 9.59 Å². The van der Waals surface area contributed by atoms with Crippen LogP contribution in [-0.2, 0) is 4.74 Å². The van der Waals surface area contributed by atoms with Crippen molar-refractivity contribution >= 4 is 11.9 Å². The molecule has 1 N–H and O–H groups in total. The number of hydrogen-bond donors (Lipinski definition) is 1. The minimum atomic E-state index is -1.02. The van der Waals surface area contributed by atoms with Gasteiger partial charge in [0.2, 0.25) is 0 Å². The Bertz CT molecular complexity index is 637. The van der Waals surface area contributed by atoms with Crippen molar-refractivity contribution in [2.45, 2.75) is 39.2 Å². The van der Waals surface area contributed by atoms with Crippen LogP contribution in [0.5, 0.6) is 0 Å². The standard InChI is InChI=1S/C17H22N2O4/c1-11-13(16(21)22)3-4-14(18-11)15(20)19-8-5-17(12(19)2)6-9-23-10-7-17/h3-4,12H,5-10H2,1-2H3,(H,21,22). The zero-order valence-electron chi connectivity index (χ0n) is 13.5. The third kappa shape index (κ3) is 2.72. The lowest BCUT2D eigenvalue weighted by Gasteiger charge is -2.38. The Morgan fingerprint density at radius 3 is 2.61 bits per heavy atom. The fourth-order valence-electron chi connectivity index (χ4n) is 3.85. The van der Waals surface area contributed by atoms with Crippen LogP contribution in [0.15, 0.2) is 12.1 Å². The smallest absolute Gasteiger partial charge is 0.337 e. The van der Waals surface area contributed by atoms with Crippen LogP contribution in [0.1, 0.15) is 52.7 Å². The number of nitrogens with zero attached hydrogens (tertiary/aromatic N) is 2. The number of carbonyl (C=O) groups excluding carboxylic acids is 1. The number of likely N-dealkylation sites (tertiary alicyclic amines) is 1. The molecule has 23 heavy (non-hydrogen) atoms. The fourth-order valence-corrected chi connectivity index (χ4v) is 3.85. The molecule has 124 valence electrons. The van der Waals surface area contributed by atoms with Gasteiger partial charge in [0.05, 0.1) is 11.3 Å². The average Bonchev–Trinajstić information content (AvgIpc) is 2.84. The summed E-state index contributed by atoms with van der Waals surface area (Å²) >= 11 is 0. The number of aromatic nitrogens is 1. The molecule has 1 spiro atoms. The number of carboxylic acid groups (broad SMARTS) is 1. The van der Waals surface area contributed by atoms with Crippen molar-refractivity contribution in [1.82, 2.24) is 9.88 Å². The van der Waals surface area contributed by atoms with Gasteiger partial charge in [-0.1, -0.05) is 0 Å². The van der Waals surface area contributed by atoms with Crippen molar-refractivity contribution in [1.29, 1.82) is 0 Å². The number of carbonyl (C=O) groups is 2. The number of ether oxygens (including phenoxy) is 1. The van der Waals surface area contributed by atoms with E-state index in [1.165, 1.54) is 12.1 Å². The van der Waals surface area contributed by atoms with Crippen molar-refractivity contribution in [2.24, 2.45) is 5.41 Å². The molecule has 3 rings (SSSR count). The van der Waals surface area contributed by atoms with Crippen molar-refractivity contribution in [3.8, 4) is 0 Å². The zero-order chi connectivity index (χ0) is 16.6. The maximum atomic E-state index is 12.8. The summed E-state index contributed by atoms with van der Waals surface area (Å²) in [5, 5.41) is 9.07. The molecule has 0 aliphatic carbocycles. The van der Waals surface area contributed by atoms with Crippen LogP contribution in [0.2, 0.25) is 0 Å². The number of aryl methyl sites for hydroxylation is 1. The molecular formula is C17H22N2O4. The topological polar surface area (TPSA) is 79.7 Å². The molecule has 2 aliphatic rings. The van der Waals surface area contributed by atoms with Crippen LogP contribution >= 0.6 is 0 Å². The second-order valence-electron chi connectivity index (χ2n) is 6.53. The Labute approximate surface area is 135 Å². The maximum Gasteiger partial charge on any atom is 0.337 e. The van der Waals surface area contributed by atoms with Gasteiger partial charge in [-0.25, -0.2) is 9.78 Å². The third-order valence-corrected chi connectivity index (χ3v) is 5.49. The van der Waals surface area contributed by atoms with Gasteiger partial charge >= 0.3 is 5.97 Å². The molecule has 3 heterocycles. The molecule has 1 amide bonds. The first kappa shape index (κ1) is 15.9. The van der Waals surface area contributed by atoms with Gasteiger partial charge in [0.15, 0.2) is 0 Å². The quantitative estimate of drug-likeness (QED) is 0.903. The van der Waals surface area contributed by atoms with Gasteiger partial charge in [0, 0.05) is 25.8 Å². The third-order valence-electron chi connectivity index (χ3n) is 5.49. The second-order valence-corrected chi connectivity index (χ2v) is 6.53. The van der Waals surface area contributed by atoms with E-state index in [1.54, 1.807) is 6.92 Å². The molecule has 0 aromatic carbocycles. The Balaban J connectivity index is 1.81. The van der Waals surface area contributed by atoms with Crippen molar-refractivity contribution in [3.05, 3.63) is 29.1 Å². The Kier molecular flexibility index (Phi) is 4.10. The van der Waals surface area contributed by atoms with E-state index in [0.717, 1.165) is 39.0 Å². The van der Waals surface area contributed by atoms with Gasteiger partial charge in [-0.05, 0) is 50.7 Å². The second kappa shape index (κ2) is 5.92. The highest BCUT2D eigenvalue weighted by atomic mass is 16.5. The van der Waals surface area contributed by atoms with E-state index >= 15 is 0 Å². The lowest BCUT2D eigenvalue weighted by molar-refractivity contribution is 0.0000987. The first-order chi connectivity index (χ1) is 10.9. The summed E-state index contributed by atoms with van der Waals surface area (Å²) in [6, 6.07) is 3.13. The summed E-state index contributed by atoms with van der Waals surface area (Å²) < 4.78 is 5.46.